The molecule has 2 rings (SSSR count). The molecule has 1 N–H and O–H groups in total. The van der Waals surface area contributed by atoms with Crippen molar-refractivity contribution in [3.63, 3.8) is 0 Å². The predicted molar refractivity (Wildman–Crippen MR) is 80.2 cm³/mol. The Kier molecular flexibility index (Phi) is 5.27. The van der Waals surface area contributed by atoms with E-state index >= 15 is 0 Å². The van der Waals surface area contributed by atoms with Gasteiger partial charge in [0.1, 0.15) is 5.82 Å². The van der Waals surface area contributed by atoms with Crippen LogP contribution in [0.5, 0.6) is 0 Å². The Morgan fingerprint density at radius 3 is 2.35 bits per heavy atom. The highest BCUT2D eigenvalue weighted by Crippen LogP contribution is 2.22. The highest BCUT2D eigenvalue weighted by Gasteiger charge is 2.04. The number of halogens is 1. The minimum atomic E-state index is -0.166. The van der Waals surface area contributed by atoms with E-state index in [1.54, 1.807) is 13.2 Å². The summed E-state index contributed by atoms with van der Waals surface area (Å²) in [6.07, 6.45) is 0.895. The van der Waals surface area contributed by atoms with Gasteiger partial charge in [0, 0.05) is 19.2 Å². The third-order valence-corrected chi connectivity index (χ3v) is 3.30. The third-order valence-electron chi connectivity index (χ3n) is 3.30. The van der Waals surface area contributed by atoms with Gasteiger partial charge in [0.05, 0.1) is 6.61 Å². The molecule has 0 heterocycles. The van der Waals surface area contributed by atoms with Crippen LogP contribution >= 0.6 is 0 Å². The number of methoxy groups -OCH3 is 1. The van der Waals surface area contributed by atoms with Gasteiger partial charge >= 0.3 is 0 Å². The van der Waals surface area contributed by atoms with E-state index in [-0.39, 0.29) is 5.82 Å². The third kappa shape index (κ3) is 3.65. The second-order valence-electron chi connectivity index (χ2n) is 4.78. The molecule has 106 valence electrons. The molecule has 0 aliphatic rings. The zero-order valence-corrected chi connectivity index (χ0v) is 11.9. The van der Waals surface area contributed by atoms with Crippen molar-refractivity contribution in [1.29, 1.82) is 0 Å². The maximum Gasteiger partial charge on any atom is 0.128 e. The molecule has 0 spiro atoms. The van der Waals surface area contributed by atoms with Crippen LogP contribution in [-0.4, -0.2) is 20.8 Å². The minimum absolute atomic E-state index is 0.166. The molecule has 0 fully saturated rings. The fourth-order valence-corrected chi connectivity index (χ4v) is 2.14. The quantitative estimate of drug-likeness (QED) is 0.871. The first-order valence-electron chi connectivity index (χ1n) is 6.76. The van der Waals surface area contributed by atoms with Gasteiger partial charge in [-0.3, -0.25) is 0 Å². The molecule has 20 heavy (non-hydrogen) atoms. The fourth-order valence-electron chi connectivity index (χ4n) is 2.14. The molecule has 0 amide bonds. The average molecular weight is 273 g/mol. The molecule has 0 saturated heterocycles. The van der Waals surface area contributed by atoms with Crippen molar-refractivity contribution >= 4 is 0 Å². The summed E-state index contributed by atoms with van der Waals surface area (Å²) in [5, 5.41) is 2.96. The van der Waals surface area contributed by atoms with Crippen LogP contribution in [0.15, 0.2) is 42.5 Å². The van der Waals surface area contributed by atoms with E-state index < -0.39 is 0 Å². The molecule has 2 aromatic carbocycles. The second-order valence-corrected chi connectivity index (χ2v) is 4.78. The van der Waals surface area contributed by atoms with Gasteiger partial charge in [-0.1, -0.05) is 36.4 Å². The first kappa shape index (κ1) is 14.7. The van der Waals surface area contributed by atoms with Crippen LogP contribution in [0.3, 0.4) is 0 Å². The van der Waals surface area contributed by atoms with E-state index in [0.29, 0.717) is 18.7 Å². The Bertz CT molecular complexity index is 551. The normalized spacial score (nSPS) is 10.8. The highest BCUT2D eigenvalue weighted by molar-refractivity contribution is 5.64. The van der Waals surface area contributed by atoms with Gasteiger partial charge in [-0.2, -0.15) is 0 Å². The monoisotopic (exact) mass is 273 g/mol. The number of nitrogens with one attached hydrogen (secondary N) is 1. The fraction of sp³-hybridized carbons (Fsp3) is 0.294. The predicted octanol–water partition coefficient (Wildman–Crippen LogP) is 3.40. The van der Waals surface area contributed by atoms with Gasteiger partial charge in [0.2, 0.25) is 0 Å². The van der Waals surface area contributed by atoms with Gasteiger partial charge in [-0.05, 0) is 36.2 Å². The van der Waals surface area contributed by atoms with Crippen LogP contribution < -0.4 is 5.32 Å². The van der Waals surface area contributed by atoms with Gasteiger partial charge in [-0.15, -0.1) is 0 Å². The highest BCUT2D eigenvalue weighted by atomic mass is 19.1. The molecule has 3 heteroatoms. The maximum absolute atomic E-state index is 13.9. The van der Waals surface area contributed by atoms with Crippen molar-refractivity contribution in [3.05, 3.63) is 59.4 Å². The zero-order valence-electron chi connectivity index (χ0n) is 11.9. The molecule has 2 aromatic rings. The Hall–Kier alpha value is -1.71. The van der Waals surface area contributed by atoms with Gasteiger partial charge < -0.3 is 10.1 Å². The van der Waals surface area contributed by atoms with E-state index in [1.807, 2.05) is 31.3 Å². The number of benzene rings is 2. The lowest BCUT2D eigenvalue weighted by Crippen LogP contribution is -2.06. The molecule has 0 bridgehead atoms. The van der Waals surface area contributed by atoms with E-state index in [2.05, 4.69) is 17.4 Å². The maximum atomic E-state index is 13.9. The molecule has 2 nitrogen and oxygen atoms in total. The zero-order chi connectivity index (χ0) is 14.4. The smallest absolute Gasteiger partial charge is 0.128 e. The van der Waals surface area contributed by atoms with Crippen LogP contribution in [0.1, 0.15) is 11.1 Å². The Morgan fingerprint density at radius 2 is 1.75 bits per heavy atom. The molecule has 0 unspecified atom stereocenters. The summed E-state index contributed by atoms with van der Waals surface area (Å²) in [6.45, 7) is 1.26. The van der Waals surface area contributed by atoms with Crippen molar-refractivity contribution in [3.8, 4) is 11.1 Å². The Labute approximate surface area is 119 Å². The molecular weight excluding hydrogens is 253 g/mol. The van der Waals surface area contributed by atoms with Gasteiger partial charge in [0.15, 0.2) is 0 Å². The van der Waals surface area contributed by atoms with E-state index in [4.69, 9.17) is 4.74 Å². The molecule has 0 aromatic heterocycles. The van der Waals surface area contributed by atoms with Crippen molar-refractivity contribution < 1.29 is 9.13 Å². The first-order chi connectivity index (χ1) is 9.74. The molecule has 0 radical (unpaired) electrons. The summed E-state index contributed by atoms with van der Waals surface area (Å²) in [7, 11) is 3.51. The lowest BCUT2D eigenvalue weighted by Gasteiger charge is -2.07. The summed E-state index contributed by atoms with van der Waals surface area (Å²) in [5.41, 5.74) is 3.84. The van der Waals surface area contributed by atoms with Crippen LogP contribution in [0.2, 0.25) is 0 Å². The van der Waals surface area contributed by atoms with Crippen molar-refractivity contribution in [2.75, 3.05) is 20.8 Å². The number of rotatable bonds is 6. The van der Waals surface area contributed by atoms with E-state index in [1.165, 1.54) is 5.56 Å². The van der Waals surface area contributed by atoms with Crippen LogP contribution in [0.25, 0.3) is 11.1 Å². The topological polar surface area (TPSA) is 21.3 Å². The molecule has 0 aliphatic heterocycles. The lowest BCUT2D eigenvalue weighted by molar-refractivity contribution is 0.202. The Morgan fingerprint density at radius 1 is 1.05 bits per heavy atom. The molecule has 0 aliphatic carbocycles. The summed E-state index contributed by atoms with van der Waals surface area (Å²) < 4.78 is 19.0. The largest absolute Gasteiger partial charge is 0.384 e. The SMILES string of the molecule is CNCc1ccc(-c2ccc(CCOC)cc2)cc1F. The van der Waals surface area contributed by atoms with Crippen molar-refractivity contribution in [1.82, 2.24) is 5.32 Å². The summed E-state index contributed by atoms with van der Waals surface area (Å²) in [4.78, 5) is 0. The van der Waals surface area contributed by atoms with Crippen LogP contribution in [0.4, 0.5) is 4.39 Å². The van der Waals surface area contributed by atoms with Crippen LogP contribution in [0, 0.1) is 5.82 Å². The van der Waals surface area contributed by atoms with Crippen LogP contribution in [-0.2, 0) is 17.7 Å². The summed E-state index contributed by atoms with van der Waals surface area (Å²) >= 11 is 0. The molecule has 0 saturated carbocycles. The number of ether oxygens (including phenoxy) is 1. The second kappa shape index (κ2) is 7.17. The summed E-state index contributed by atoms with van der Waals surface area (Å²) in [5.74, 6) is -0.166. The summed E-state index contributed by atoms with van der Waals surface area (Å²) in [6, 6.07) is 13.6. The standard InChI is InChI=1S/C17H20FNO/c1-19-12-16-8-7-15(11-17(16)18)14-5-3-13(4-6-14)9-10-20-2/h3-8,11,19H,9-10,12H2,1-2H3. The van der Waals surface area contributed by atoms with E-state index in [9.17, 15) is 4.39 Å². The average Bonchev–Trinajstić information content (AvgIpc) is 2.48. The van der Waals surface area contributed by atoms with Gasteiger partial charge in [-0.25, -0.2) is 4.39 Å². The Balaban J connectivity index is 2.17. The van der Waals surface area contributed by atoms with Crippen molar-refractivity contribution in [2.45, 2.75) is 13.0 Å². The van der Waals surface area contributed by atoms with Crippen molar-refractivity contribution in [2.24, 2.45) is 0 Å². The minimum Gasteiger partial charge on any atom is -0.384 e. The lowest BCUT2D eigenvalue weighted by atomic mass is 10.0. The molecule has 0 atom stereocenters. The first-order valence-corrected chi connectivity index (χ1v) is 6.76. The number of hydrogen-bond acceptors (Lipinski definition) is 2. The number of hydrogen-bond donors (Lipinski definition) is 1. The van der Waals surface area contributed by atoms with E-state index in [0.717, 1.165) is 17.5 Å². The molecular formula is C17H20FNO. The van der Waals surface area contributed by atoms with Gasteiger partial charge in [0.25, 0.3) is 0 Å².